The van der Waals surface area contributed by atoms with Crippen molar-refractivity contribution in [3.63, 3.8) is 0 Å². The molecule has 1 N–H and O–H groups in total. The molecule has 0 amide bonds. The summed E-state index contributed by atoms with van der Waals surface area (Å²) in [5.74, 6) is 2.06. The van der Waals surface area contributed by atoms with E-state index in [2.05, 4.69) is 9.88 Å². The fraction of sp³-hybridized carbons (Fsp3) is 0.455. The molecule has 7 heteroatoms. The number of benzene rings is 1. The van der Waals surface area contributed by atoms with Crippen LogP contribution in [0.1, 0.15) is 28.8 Å². The average molecular weight is 417 g/mol. The number of methoxy groups -OCH3 is 1. The highest BCUT2D eigenvalue weighted by Crippen LogP contribution is 2.39. The molecule has 1 aromatic heterocycles. The minimum Gasteiger partial charge on any atom is -0.488 e. The number of nitrogens with zero attached hydrogens (tertiary/aromatic N) is 2. The Morgan fingerprint density at radius 3 is 2.55 bits per heavy atom. The van der Waals surface area contributed by atoms with E-state index in [0.717, 1.165) is 30.9 Å². The molecule has 1 aliphatic carbocycles. The van der Waals surface area contributed by atoms with Crippen molar-refractivity contribution in [3.05, 3.63) is 52.7 Å². The quantitative estimate of drug-likeness (QED) is 0.769. The van der Waals surface area contributed by atoms with E-state index < -0.39 is 6.10 Å². The maximum Gasteiger partial charge on any atom is 0.337 e. The highest BCUT2D eigenvalue weighted by atomic mass is 35.5. The largest absolute Gasteiger partial charge is 0.488 e. The minimum atomic E-state index is -0.517. The maximum atomic E-state index is 11.6. The molecule has 0 spiro atoms. The average Bonchev–Trinajstić information content (AvgIpc) is 3.13. The third-order valence-electron chi connectivity index (χ3n) is 6.00. The number of fused-ring (bicyclic) bond motifs is 1. The zero-order valence-electron chi connectivity index (χ0n) is 16.5. The minimum absolute atomic E-state index is 0.264. The third-order valence-corrected chi connectivity index (χ3v) is 6.40. The van der Waals surface area contributed by atoms with Gasteiger partial charge in [-0.1, -0.05) is 11.6 Å². The van der Waals surface area contributed by atoms with Crippen LogP contribution >= 0.6 is 11.6 Å². The van der Waals surface area contributed by atoms with Crippen LogP contribution in [0.4, 0.5) is 5.82 Å². The summed E-state index contributed by atoms with van der Waals surface area (Å²) >= 11 is 6.10. The second-order valence-electron chi connectivity index (χ2n) is 7.93. The van der Waals surface area contributed by atoms with Crippen LogP contribution in [0.25, 0.3) is 0 Å². The summed E-state index contributed by atoms with van der Waals surface area (Å²) in [6, 6.07) is 8.85. The number of aromatic nitrogens is 1. The van der Waals surface area contributed by atoms with Gasteiger partial charge in [0, 0.05) is 19.3 Å². The number of ether oxygens (including phenoxy) is 2. The van der Waals surface area contributed by atoms with Gasteiger partial charge in [-0.05, 0) is 67.5 Å². The molecule has 4 rings (SSSR count). The van der Waals surface area contributed by atoms with Crippen LogP contribution in [-0.2, 0) is 4.74 Å². The number of pyridine rings is 1. The van der Waals surface area contributed by atoms with E-state index in [0.29, 0.717) is 34.6 Å². The van der Waals surface area contributed by atoms with Gasteiger partial charge in [0.15, 0.2) is 0 Å². The van der Waals surface area contributed by atoms with Crippen molar-refractivity contribution in [2.45, 2.75) is 32.0 Å². The summed E-state index contributed by atoms with van der Waals surface area (Å²) in [6.45, 7) is 3.76. The van der Waals surface area contributed by atoms with Gasteiger partial charge in [0.2, 0.25) is 0 Å². The summed E-state index contributed by atoms with van der Waals surface area (Å²) in [5.41, 5.74) is 1.49. The highest BCUT2D eigenvalue weighted by molar-refractivity contribution is 6.31. The van der Waals surface area contributed by atoms with Gasteiger partial charge < -0.3 is 19.5 Å². The molecule has 0 radical (unpaired) electrons. The van der Waals surface area contributed by atoms with Crippen molar-refractivity contribution < 1.29 is 19.4 Å². The lowest BCUT2D eigenvalue weighted by molar-refractivity contribution is -0.0231. The van der Waals surface area contributed by atoms with Gasteiger partial charge in [-0.2, -0.15) is 0 Å². The maximum absolute atomic E-state index is 11.6. The first-order valence-electron chi connectivity index (χ1n) is 9.84. The van der Waals surface area contributed by atoms with Crippen LogP contribution in [0.5, 0.6) is 5.75 Å². The number of anilines is 1. The zero-order valence-corrected chi connectivity index (χ0v) is 17.3. The summed E-state index contributed by atoms with van der Waals surface area (Å²) in [4.78, 5) is 18.3. The summed E-state index contributed by atoms with van der Waals surface area (Å²) in [7, 11) is 1.35. The van der Waals surface area contributed by atoms with Crippen LogP contribution in [0, 0.1) is 18.8 Å². The van der Waals surface area contributed by atoms with Gasteiger partial charge in [-0.15, -0.1) is 0 Å². The topological polar surface area (TPSA) is 71.9 Å². The van der Waals surface area contributed by atoms with E-state index in [4.69, 9.17) is 21.1 Å². The van der Waals surface area contributed by atoms with Crippen molar-refractivity contribution in [2.75, 3.05) is 25.1 Å². The summed E-state index contributed by atoms with van der Waals surface area (Å²) < 4.78 is 10.8. The van der Waals surface area contributed by atoms with Crippen molar-refractivity contribution in [3.8, 4) is 5.75 Å². The number of aliphatic hydroxyl groups excluding tert-OH is 1. The molecule has 4 atom stereocenters. The Bertz CT molecular complexity index is 889. The van der Waals surface area contributed by atoms with Gasteiger partial charge in [-0.25, -0.2) is 9.78 Å². The van der Waals surface area contributed by atoms with E-state index >= 15 is 0 Å². The molecule has 6 nitrogen and oxygen atoms in total. The molecular weight excluding hydrogens is 392 g/mol. The van der Waals surface area contributed by atoms with Crippen molar-refractivity contribution >= 4 is 23.4 Å². The molecular formula is C22H25ClN2O4. The van der Waals surface area contributed by atoms with E-state index in [1.54, 1.807) is 30.5 Å². The first kappa shape index (κ1) is 20.0. The Hall–Kier alpha value is -2.31. The Morgan fingerprint density at radius 2 is 1.90 bits per heavy atom. The summed E-state index contributed by atoms with van der Waals surface area (Å²) in [6.07, 6.45) is 2.41. The highest BCUT2D eigenvalue weighted by Gasteiger charge is 2.43. The van der Waals surface area contributed by atoms with E-state index in [1.165, 1.54) is 7.11 Å². The Morgan fingerprint density at radius 1 is 1.21 bits per heavy atom. The van der Waals surface area contributed by atoms with E-state index in [-0.39, 0.29) is 12.1 Å². The van der Waals surface area contributed by atoms with Gasteiger partial charge in [0.25, 0.3) is 0 Å². The van der Waals surface area contributed by atoms with Crippen LogP contribution in [0.2, 0.25) is 5.02 Å². The first-order valence-corrected chi connectivity index (χ1v) is 10.2. The first-order chi connectivity index (χ1) is 13.9. The molecule has 154 valence electrons. The molecule has 1 aromatic carbocycles. The Kier molecular flexibility index (Phi) is 5.65. The lowest BCUT2D eigenvalue weighted by atomic mass is 9.78. The van der Waals surface area contributed by atoms with Gasteiger partial charge in [0.05, 0.1) is 23.8 Å². The molecule has 1 saturated carbocycles. The molecule has 0 bridgehead atoms. The number of carbonyl (C=O) groups excluding carboxylic acids is 1. The molecule has 0 unspecified atom stereocenters. The number of hydrogen-bond acceptors (Lipinski definition) is 6. The Labute approximate surface area is 175 Å². The Balaban J connectivity index is 1.41. The third kappa shape index (κ3) is 4.19. The molecule has 2 aliphatic rings. The van der Waals surface area contributed by atoms with Crippen molar-refractivity contribution in [1.82, 2.24) is 4.98 Å². The number of esters is 1. The standard InChI is InChI=1S/C22H25ClN2O4/c1-13-7-21(24-10-18(13)23)25-11-15-8-19(26)20(9-16(15)12-25)29-17-5-3-14(4-6-17)22(27)28-2/h3-7,10,15-16,19-20,26H,8-9,11-12H2,1-2H3/t15-,16+,19+,20+/m0/s1. The predicted octanol–water partition coefficient (Wildman–Crippen LogP) is 3.48. The number of aryl methyl sites for hydroxylation is 1. The monoisotopic (exact) mass is 416 g/mol. The number of carbonyl (C=O) groups is 1. The number of hydrogen-bond donors (Lipinski definition) is 1. The smallest absolute Gasteiger partial charge is 0.337 e. The second-order valence-corrected chi connectivity index (χ2v) is 8.34. The SMILES string of the molecule is COC(=O)c1ccc(O[C@@H]2C[C@@H]3CN(c4cc(C)c(Cl)cn4)C[C@@H]3C[C@H]2O)cc1. The van der Waals surface area contributed by atoms with Crippen molar-refractivity contribution in [2.24, 2.45) is 11.8 Å². The fourth-order valence-electron chi connectivity index (χ4n) is 4.36. The lowest BCUT2D eigenvalue weighted by Gasteiger charge is -2.35. The van der Waals surface area contributed by atoms with Crippen LogP contribution in [0.3, 0.4) is 0 Å². The fourth-order valence-corrected chi connectivity index (χ4v) is 4.47. The van der Waals surface area contributed by atoms with E-state index in [1.807, 2.05) is 13.0 Å². The number of rotatable bonds is 4. The summed E-state index contributed by atoms with van der Waals surface area (Å²) in [5, 5.41) is 11.3. The molecule has 1 aliphatic heterocycles. The molecule has 1 saturated heterocycles. The molecule has 29 heavy (non-hydrogen) atoms. The number of halogens is 1. The van der Waals surface area contributed by atoms with Gasteiger partial charge in [-0.3, -0.25) is 0 Å². The zero-order chi connectivity index (χ0) is 20.5. The van der Waals surface area contributed by atoms with Gasteiger partial charge in [0.1, 0.15) is 17.7 Å². The second kappa shape index (κ2) is 8.20. The molecule has 2 fully saturated rings. The molecule has 2 aromatic rings. The predicted molar refractivity (Wildman–Crippen MR) is 111 cm³/mol. The van der Waals surface area contributed by atoms with Gasteiger partial charge >= 0.3 is 5.97 Å². The van der Waals surface area contributed by atoms with Crippen LogP contribution in [-0.4, -0.2) is 48.5 Å². The van der Waals surface area contributed by atoms with Crippen LogP contribution in [0.15, 0.2) is 36.5 Å². The lowest BCUT2D eigenvalue weighted by Crippen LogP contribution is -2.42. The van der Waals surface area contributed by atoms with E-state index in [9.17, 15) is 9.90 Å². The van der Waals surface area contributed by atoms with Crippen molar-refractivity contribution in [1.29, 1.82) is 0 Å². The normalized spacial score (nSPS) is 26.1. The van der Waals surface area contributed by atoms with Crippen LogP contribution < -0.4 is 9.64 Å². The molecule has 2 heterocycles. The number of aliphatic hydroxyl groups is 1.